The molecule has 0 N–H and O–H groups in total. The number of amides is 1. The van der Waals surface area contributed by atoms with Gasteiger partial charge in [-0.15, -0.1) is 4.52 Å². The Bertz CT molecular complexity index is 612. The smallest absolute Gasteiger partial charge is 0.254 e. The van der Waals surface area contributed by atoms with E-state index in [-0.39, 0.29) is 11.9 Å². The van der Waals surface area contributed by atoms with Crippen LogP contribution in [0.25, 0.3) is 0 Å². The van der Waals surface area contributed by atoms with Gasteiger partial charge < -0.3 is 9.80 Å². The lowest BCUT2D eigenvalue weighted by Gasteiger charge is -2.28. The van der Waals surface area contributed by atoms with E-state index < -0.39 is 0 Å². The Morgan fingerprint density at radius 1 is 1.12 bits per heavy atom. The summed E-state index contributed by atoms with van der Waals surface area (Å²) < 4.78 is 3.98. The second-order valence-corrected chi connectivity index (χ2v) is 7.69. The molecule has 0 saturated carbocycles. The first-order valence-corrected chi connectivity index (χ1v) is 9.91. The monoisotopic (exact) mass is 344 g/mol. The maximum absolute atomic E-state index is 12.9. The van der Waals surface area contributed by atoms with Crippen molar-refractivity contribution in [3.05, 3.63) is 35.4 Å². The summed E-state index contributed by atoms with van der Waals surface area (Å²) in [5.41, 5.74) is 1.95. The minimum atomic E-state index is 0.147. The molecule has 0 bridgehead atoms. The summed E-state index contributed by atoms with van der Waals surface area (Å²) in [5.74, 6) is 1.09. The highest BCUT2D eigenvalue weighted by molar-refractivity contribution is 7.98. The van der Waals surface area contributed by atoms with Gasteiger partial charge in [0.1, 0.15) is 6.04 Å². The van der Waals surface area contributed by atoms with Crippen LogP contribution in [-0.2, 0) is 0 Å². The number of benzene rings is 1. The van der Waals surface area contributed by atoms with Crippen LogP contribution in [0.2, 0.25) is 0 Å². The molecule has 6 heteroatoms. The summed E-state index contributed by atoms with van der Waals surface area (Å²) in [6.07, 6.45) is 4.87. The molecule has 0 aromatic heterocycles. The topological polar surface area (TPSA) is 48.3 Å². The van der Waals surface area contributed by atoms with E-state index >= 15 is 0 Å². The van der Waals surface area contributed by atoms with Gasteiger partial charge in [0, 0.05) is 30.4 Å². The third-order valence-electron chi connectivity index (χ3n) is 5.32. The molecular weight excluding hydrogens is 320 g/mol. The molecule has 24 heavy (non-hydrogen) atoms. The molecular formula is C18H24N4OS. The van der Waals surface area contributed by atoms with E-state index in [1.807, 2.05) is 24.3 Å². The second kappa shape index (κ2) is 7.23. The Hall–Kier alpha value is -1.40. The van der Waals surface area contributed by atoms with Crippen LogP contribution in [-0.4, -0.2) is 53.7 Å². The van der Waals surface area contributed by atoms with Crippen molar-refractivity contribution in [2.45, 2.75) is 37.8 Å². The lowest BCUT2D eigenvalue weighted by atomic mass is 10.1. The van der Waals surface area contributed by atoms with Crippen LogP contribution in [0.15, 0.2) is 33.9 Å². The minimum absolute atomic E-state index is 0.147. The van der Waals surface area contributed by atoms with Crippen LogP contribution in [0.1, 0.15) is 47.6 Å². The van der Waals surface area contributed by atoms with Crippen molar-refractivity contribution in [3.8, 4) is 0 Å². The summed E-state index contributed by atoms with van der Waals surface area (Å²) >= 11 is 1.50. The number of nitrogens with zero attached hydrogens (tertiary/aromatic N) is 4. The van der Waals surface area contributed by atoms with Crippen LogP contribution in [0.3, 0.4) is 0 Å². The van der Waals surface area contributed by atoms with Gasteiger partial charge >= 0.3 is 0 Å². The molecule has 1 amide bonds. The highest BCUT2D eigenvalue weighted by atomic mass is 32.2. The molecule has 3 aliphatic heterocycles. The molecule has 2 unspecified atom stereocenters. The number of likely N-dealkylation sites (tertiary alicyclic amines) is 2. The standard InChI is InChI=1S/C18H24N4OS/c23-18(15-7-5-14(6-8-15)17-13-24-20-19-17)22-11-3-4-16(22)12-21-9-1-2-10-21/h5-8,16-17H,1-4,9-13H2. The lowest BCUT2D eigenvalue weighted by molar-refractivity contribution is 0.0709. The normalized spacial score (nSPS) is 27.2. The van der Waals surface area contributed by atoms with Crippen LogP contribution in [0.4, 0.5) is 0 Å². The largest absolute Gasteiger partial charge is 0.334 e. The quantitative estimate of drug-likeness (QED) is 0.785. The van der Waals surface area contributed by atoms with Crippen molar-refractivity contribution < 1.29 is 4.79 Å². The van der Waals surface area contributed by atoms with Gasteiger partial charge in [-0.05, 0) is 68.4 Å². The van der Waals surface area contributed by atoms with E-state index in [2.05, 4.69) is 19.4 Å². The average molecular weight is 344 g/mol. The zero-order valence-electron chi connectivity index (χ0n) is 13.9. The molecule has 0 aliphatic carbocycles. The molecule has 2 fully saturated rings. The summed E-state index contributed by atoms with van der Waals surface area (Å²) in [7, 11) is 0. The van der Waals surface area contributed by atoms with Crippen molar-refractivity contribution >= 4 is 17.9 Å². The first-order valence-electron chi connectivity index (χ1n) is 8.97. The van der Waals surface area contributed by atoms with E-state index in [9.17, 15) is 4.79 Å². The summed E-state index contributed by atoms with van der Waals surface area (Å²) in [4.78, 5) is 17.5. The zero-order chi connectivity index (χ0) is 16.4. The van der Waals surface area contributed by atoms with Crippen LogP contribution < -0.4 is 0 Å². The predicted molar refractivity (Wildman–Crippen MR) is 96.2 cm³/mol. The van der Waals surface area contributed by atoms with Crippen molar-refractivity contribution in [2.24, 2.45) is 9.63 Å². The van der Waals surface area contributed by atoms with E-state index in [1.54, 1.807) is 0 Å². The van der Waals surface area contributed by atoms with Gasteiger partial charge in [-0.1, -0.05) is 12.1 Å². The third-order valence-corrected chi connectivity index (χ3v) is 6.00. The average Bonchev–Trinajstić information content (AvgIpc) is 3.37. The molecule has 2 saturated heterocycles. The molecule has 4 rings (SSSR count). The van der Waals surface area contributed by atoms with E-state index in [1.165, 1.54) is 37.9 Å². The summed E-state index contributed by atoms with van der Waals surface area (Å²) in [6.45, 7) is 4.33. The SMILES string of the molecule is O=C(c1ccc(C2CSN=N2)cc1)N1CCCC1CN1CCCC1. The molecule has 128 valence electrons. The Morgan fingerprint density at radius 2 is 1.92 bits per heavy atom. The van der Waals surface area contributed by atoms with Gasteiger partial charge in [-0.2, -0.15) is 5.11 Å². The molecule has 3 heterocycles. The second-order valence-electron chi connectivity index (χ2n) is 6.93. The van der Waals surface area contributed by atoms with Crippen LogP contribution in [0, 0.1) is 0 Å². The lowest BCUT2D eigenvalue weighted by Crippen LogP contribution is -2.42. The molecule has 5 nitrogen and oxygen atoms in total. The first-order chi connectivity index (χ1) is 11.8. The van der Waals surface area contributed by atoms with Crippen molar-refractivity contribution in [1.82, 2.24) is 9.80 Å². The van der Waals surface area contributed by atoms with Crippen molar-refractivity contribution in [1.29, 1.82) is 0 Å². The molecule has 1 aromatic carbocycles. The molecule has 1 aromatic rings. The van der Waals surface area contributed by atoms with E-state index in [0.717, 1.165) is 42.8 Å². The Kier molecular flexibility index (Phi) is 4.85. The maximum atomic E-state index is 12.9. The van der Waals surface area contributed by atoms with Crippen LogP contribution in [0.5, 0.6) is 0 Å². The zero-order valence-corrected chi connectivity index (χ0v) is 14.7. The fourth-order valence-electron chi connectivity index (χ4n) is 3.96. The summed E-state index contributed by atoms with van der Waals surface area (Å²) in [6, 6.07) is 8.52. The molecule has 2 atom stereocenters. The Labute approximate surface area is 147 Å². The number of rotatable bonds is 4. The Balaban J connectivity index is 1.42. The predicted octanol–water partition coefficient (Wildman–Crippen LogP) is 3.54. The highest BCUT2D eigenvalue weighted by Crippen LogP contribution is 2.30. The van der Waals surface area contributed by atoms with Gasteiger partial charge in [0.25, 0.3) is 5.91 Å². The van der Waals surface area contributed by atoms with Gasteiger partial charge in [-0.3, -0.25) is 4.79 Å². The van der Waals surface area contributed by atoms with Crippen molar-refractivity contribution in [3.63, 3.8) is 0 Å². The van der Waals surface area contributed by atoms with E-state index in [4.69, 9.17) is 0 Å². The fourth-order valence-corrected chi connectivity index (χ4v) is 4.61. The van der Waals surface area contributed by atoms with Gasteiger partial charge in [-0.25, -0.2) is 0 Å². The van der Waals surface area contributed by atoms with E-state index in [0.29, 0.717) is 6.04 Å². The number of carbonyl (C=O) groups is 1. The molecule has 0 spiro atoms. The number of hydrogen-bond donors (Lipinski definition) is 0. The number of carbonyl (C=O) groups excluding carboxylic acids is 1. The van der Waals surface area contributed by atoms with Gasteiger partial charge in [0.15, 0.2) is 0 Å². The van der Waals surface area contributed by atoms with Gasteiger partial charge in [0.2, 0.25) is 0 Å². The highest BCUT2D eigenvalue weighted by Gasteiger charge is 2.31. The third kappa shape index (κ3) is 3.35. The first kappa shape index (κ1) is 16.1. The summed E-state index contributed by atoms with van der Waals surface area (Å²) in [5, 5.41) is 4.21. The van der Waals surface area contributed by atoms with Gasteiger partial charge in [0.05, 0.1) is 0 Å². The van der Waals surface area contributed by atoms with Crippen LogP contribution >= 0.6 is 11.9 Å². The molecule has 3 aliphatic rings. The maximum Gasteiger partial charge on any atom is 0.254 e. The fraction of sp³-hybridized carbons (Fsp3) is 0.611. The van der Waals surface area contributed by atoms with Crippen molar-refractivity contribution in [2.75, 3.05) is 31.9 Å². The minimum Gasteiger partial charge on any atom is -0.334 e. The molecule has 0 radical (unpaired) electrons. The Morgan fingerprint density at radius 3 is 2.62 bits per heavy atom. The number of hydrogen-bond acceptors (Lipinski definition) is 5.